The molecule has 1 aliphatic rings. The number of aromatic nitrogens is 3. The summed E-state index contributed by atoms with van der Waals surface area (Å²) in [5, 5.41) is 2.47. The molecule has 0 unspecified atom stereocenters. The van der Waals surface area contributed by atoms with Crippen LogP contribution in [0, 0.1) is 0 Å². The number of carbonyl (C=O) groups is 1. The van der Waals surface area contributed by atoms with Crippen molar-refractivity contribution in [2.75, 3.05) is 11.9 Å². The van der Waals surface area contributed by atoms with E-state index >= 15 is 0 Å². The minimum Gasteiger partial charge on any atom is -0.375 e. The largest absolute Gasteiger partial charge is 0.406 e. The Balaban J connectivity index is 0.00000280. The molecule has 1 amide bonds. The quantitative estimate of drug-likeness (QED) is 0.766. The van der Waals surface area contributed by atoms with E-state index in [1.54, 1.807) is 12.1 Å². The predicted molar refractivity (Wildman–Crippen MR) is 101 cm³/mol. The number of anilines is 1. The Morgan fingerprint density at radius 2 is 1.93 bits per heavy atom. The van der Waals surface area contributed by atoms with Crippen LogP contribution in [0.5, 0.6) is 0 Å². The molecule has 156 valence electrons. The van der Waals surface area contributed by atoms with Gasteiger partial charge in [-0.25, -0.2) is 9.97 Å². The maximum absolute atomic E-state index is 13.1. The van der Waals surface area contributed by atoms with Crippen LogP contribution in [0.25, 0.3) is 11.2 Å². The summed E-state index contributed by atoms with van der Waals surface area (Å²) < 4.78 is 45.6. The lowest BCUT2D eigenvalue weighted by Gasteiger charge is -2.19. The number of nitrogens with zero attached hydrogens (tertiary/aromatic N) is 3. The summed E-state index contributed by atoms with van der Waals surface area (Å²) in [6.45, 7) is 4.47. The Morgan fingerprint density at radius 1 is 1.25 bits per heavy atom. The lowest BCUT2D eigenvalue weighted by molar-refractivity contribution is -0.139. The number of hydrogen-bond donors (Lipinski definition) is 1. The van der Waals surface area contributed by atoms with Crippen LogP contribution in [0.1, 0.15) is 59.1 Å². The molecule has 2 heterocycles. The van der Waals surface area contributed by atoms with Gasteiger partial charge >= 0.3 is 6.18 Å². The molecular weight excluding hydrogens is 373 g/mol. The summed E-state index contributed by atoms with van der Waals surface area (Å²) >= 11 is 0. The normalized spacial score (nSPS) is 14.8. The van der Waals surface area contributed by atoms with Crippen molar-refractivity contribution in [3.05, 3.63) is 17.8 Å². The fraction of sp³-hybridized carbons (Fsp3) is 0.632. The topological polar surface area (TPSA) is 69.0 Å². The van der Waals surface area contributed by atoms with Crippen molar-refractivity contribution >= 4 is 23.0 Å². The van der Waals surface area contributed by atoms with E-state index in [2.05, 4.69) is 15.3 Å². The monoisotopic (exact) mass is 400 g/mol. The van der Waals surface area contributed by atoms with E-state index in [9.17, 15) is 18.0 Å². The van der Waals surface area contributed by atoms with Crippen LogP contribution in [0.15, 0.2) is 12.1 Å². The molecule has 0 bridgehead atoms. The van der Waals surface area contributed by atoms with E-state index in [1.165, 1.54) is 0 Å². The first kappa shape index (κ1) is 22.1. The Hall–Kier alpha value is -2.16. The van der Waals surface area contributed by atoms with E-state index < -0.39 is 24.2 Å². The molecule has 1 aliphatic carbocycles. The van der Waals surface area contributed by atoms with Gasteiger partial charge in [-0.3, -0.25) is 14.7 Å². The highest BCUT2D eigenvalue weighted by atomic mass is 19.4. The van der Waals surface area contributed by atoms with Crippen LogP contribution >= 0.6 is 0 Å². The van der Waals surface area contributed by atoms with Crippen molar-refractivity contribution in [1.82, 2.24) is 14.5 Å². The standard InChI is InChI=1S/C18H23F3N4O2.CH4/c1-17(2,3)27-9-8-14(26)24-16-23-13-7-6-12(11-4-5-11)22-15(13)25(16)10-18(19,20)21;/h6-7,11H,4-5,8-10H2,1-3H3,(H,23,24,26);1H4. The zero-order chi connectivity index (χ0) is 19.8. The first-order valence-electron chi connectivity index (χ1n) is 8.89. The number of fused-ring (bicyclic) bond motifs is 1. The summed E-state index contributed by atoms with van der Waals surface area (Å²) in [5.41, 5.74) is 0.831. The third-order valence-corrected chi connectivity index (χ3v) is 4.06. The van der Waals surface area contributed by atoms with Gasteiger partial charge in [-0.2, -0.15) is 13.2 Å². The van der Waals surface area contributed by atoms with E-state index in [0.717, 1.165) is 23.1 Å². The fourth-order valence-corrected chi connectivity index (χ4v) is 2.68. The van der Waals surface area contributed by atoms with Crippen molar-refractivity contribution in [2.45, 2.75) is 71.7 Å². The molecule has 0 spiro atoms. The van der Waals surface area contributed by atoms with E-state index in [-0.39, 0.29) is 32.0 Å². The van der Waals surface area contributed by atoms with Crippen LogP contribution in [0.4, 0.5) is 19.1 Å². The van der Waals surface area contributed by atoms with Gasteiger partial charge in [0, 0.05) is 11.6 Å². The van der Waals surface area contributed by atoms with Gasteiger partial charge in [0.1, 0.15) is 12.1 Å². The number of imidazole rings is 1. The fourth-order valence-electron chi connectivity index (χ4n) is 2.68. The third kappa shape index (κ3) is 5.92. The summed E-state index contributed by atoms with van der Waals surface area (Å²) in [5.74, 6) is -0.305. The molecule has 9 heteroatoms. The van der Waals surface area contributed by atoms with Gasteiger partial charge in [-0.1, -0.05) is 7.43 Å². The second-order valence-electron chi connectivity index (χ2n) is 7.75. The van der Waals surface area contributed by atoms with Crippen LogP contribution in [0.3, 0.4) is 0 Å². The smallest absolute Gasteiger partial charge is 0.375 e. The minimum atomic E-state index is -4.46. The molecule has 0 aliphatic heterocycles. The number of ether oxygens (including phenoxy) is 1. The van der Waals surface area contributed by atoms with Crippen molar-refractivity contribution in [3.8, 4) is 0 Å². The first-order valence-corrected chi connectivity index (χ1v) is 8.89. The van der Waals surface area contributed by atoms with Gasteiger partial charge in [0.05, 0.1) is 18.6 Å². The van der Waals surface area contributed by atoms with Gasteiger partial charge in [0.25, 0.3) is 0 Å². The number of nitrogens with one attached hydrogen (secondary N) is 1. The Kier molecular flexibility index (Phi) is 6.37. The van der Waals surface area contributed by atoms with Gasteiger partial charge in [0.2, 0.25) is 11.9 Å². The van der Waals surface area contributed by atoms with Crippen LogP contribution in [-0.4, -0.2) is 38.8 Å². The molecule has 2 aromatic heterocycles. The van der Waals surface area contributed by atoms with Crippen molar-refractivity contribution in [3.63, 3.8) is 0 Å². The van der Waals surface area contributed by atoms with Gasteiger partial charge in [-0.05, 0) is 45.7 Å². The third-order valence-electron chi connectivity index (χ3n) is 4.06. The molecule has 0 saturated heterocycles. The second kappa shape index (κ2) is 8.06. The van der Waals surface area contributed by atoms with Gasteiger partial charge in [-0.15, -0.1) is 0 Å². The predicted octanol–water partition coefficient (Wildman–Crippen LogP) is 4.65. The number of rotatable bonds is 6. The second-order valence-corrected chi connectivity index (χ2v) is 7.75. The molecule has 1 N–H and O–H groups in total. The number of hydrogen-bond acceptors (Lipinski definition) is 4. The van der Waals surface area contributed by atoms with E-state index in [4.69, 9.17) is 4.74 Å². The zero-order valence-corrected chi connectivity index (χ0v) is 15.6. The molecule has 6 nitrogen and oxygen atoms in total. The average molecular weight is 400 g/mol. The van der Waals surface area contributed by atoms with Crippen molar-refractivity contribution in [2.24, 2.45) is 0 Å². The Morgan fingerprint density at radius 3 is 2.50 bits per heavy atom. The molecule has 0 radical (unpaired) electrons. The molecule has 1 fully saturated rings. The van der Waals surface area contributed by atoms with Crippen molar-refractivity contribution < 1.29 is 22.7 Å². The van der Waals surface area contributed by atoms with E-state index in [0.29, 0.717) is 11.4 Å². The minimum absolute atomic E-state index is 0. The van der Waals surface area contributed by atoms with Crippen LogP contribution in [-0.2, 0) is 16.1 Å². The molecule has 2 aromatic rings. The van der Waals surface area contributed by atoms with Crippen LogP contribution < -0.4 is 5.32 Å². The molecule has 1 saturated carbocycles. The SMILES string of the molecule is C.CC(C)(C)OCCC(=O)Nc1nc2ccc(C3CC3)nc2n1CC(F)(F)F. The highest BCUT2D eigenvalue weighted by Gasteiger charge is 2.32. The summed E-state index contributed by atoms with van der Waals surface area (Å²) in [6.07, 6.45) is -2.46. The molecule has 28 heavy (non-hydrogen) atoms. The summed E-state index contributed by atoms with van der Waals surface area (Å²) in [7, 11) is 0. The molecule has 0 atom stereocenters. The maximum atomic E-state index is 13.1. The van der Waals surface area contributed by atoms with E-state index in [1.807, 2.05) is 20.8 Å². The number of amides is 1. The highest BCUT2D eigenvalue weighted by Crippen LogP contribution is 2.39. The maximum Gasteiger partial charge on any atom is 0.406 e. The molecule has 0 aromatic carbocycles. The zero-order valence-electron chi connectivity index (χ0n) is 15.6. The lowest BCUT2D eigenvalue weighted by Crippen LogP contribution is -2.25. The highest BCUT2D eigenvalue weighted by molar-refractivity contribution is 5.91. The van der Waals surface area contributed by atoms with Gasteiger partial charge < -0.3 is 4.74 Å². The summed E-state index contributed by atoms with van der Waals surface area (Å²) in [4.78, 5) is 20.6. The average Bonchev–Trinajstić information content (AvgIpc) is 3.31. The Bertz CT molecular complexity index is 836. The van der Waals surface area contributed by atoms with Crippen molar-refractivity contribution in [1.29, 1.82) is 0 Å². The van der Waals surface area contributed by atoms with Crippen LogP contribution in [0.2, 0.25) is 0 Å². The number of carbonyl (C=O) groups excluding carboxylic acids is 1. The first-order chi connectivity index (χ1) is 12.5. The number of alkyl halides is 3. The molecule has 3 rings (SSSR count). The number of halogens is 3. The van der Waals surface area contributed by atoms with Gasteiger partial charge in [0.15, 0.2) is 5.65 Å². The number of pyridine rings is 1. The molecular formula is C19H27F3N4O2. The Labute approximate surface area is 162 Å². The lowest BCUT2D eigenvalue weighted by atomic mass is 10.2. The summed E-state index contributed by atoms with van der Waals surface area (Å²) in [6, 6.07) is 3.44.